The Bertz CT molecular complexity index is 723. The molecule has 1 aromatic carbocycles. The van der Waals surface area contributed by atoms with Crippen molar-refractivity contribution in [3.8, 4) is 0 Å². The van der Waals surface area contributed by atoms with Crippen molar-refractivity contribution in [2.45, 2.75) is 47.0 Å². The van der Waals surface area contributed by atoms with Crippen molar-refractivity contribution in [3.63, 3.8) is 0 Å². The number of benzene rings is 1. The molecule has 0 saturated heterocycles. The van der Waals surface area contributed by atoms with E-state index in [9.17, 15) is 9.18 Å². The summed E-state index contributed by atoms with van der Waals surface area (Å²) in [5, 5.41) is 0. The van der Waals surface area contributed by atoms with Gasteiger partial charge in [-0.05, 0) is 67.4 Å². The van der Waals surface area contributed by atoms with Crippen LogP contribution in [0.1, 0.15) is 58.1 Å². The Labute approximate surface area is 150 Å². The topological polar surface area (TPSA) is 26.3 Å². The second kappa shape index (κ2) is 8.28. The number of hydrogen-bond donors (Lipinski definition) is 0. The van der Waals surface area contributed by atoms with Gasteiger partial charge in [0.15, 0.2) is 0 Å². The van der Waals surface area contributed by atoms with Crippen LogP contribution >= 0.6 is 0 Å². The van der Waals surface area contributed by atoms with E-state index >= 15 is 0 Å². The Morgan fingerprint density at radius 2 is 2.00 bits per heavy atom. The van der Waals surface area contributed by atoms with Gasteiger partial charge in [0, 0.05) is 0 Å². The Balaban J connectivity index is 2.22. The molecule has 0 radical (unpaired) electrons. The monoisotopic (exact) mass is 342 g/mol. The number of carbonyl (C=O) groups is 1. The number of allylic oxidation sites excluding steroid dienone is 3. The van der Waals surface area contributed by atoms with E-state index in [0.29, 0.717) is 5.56 Å². The van der Waals surface area contributed by atoms with Gasteiger partial charge in [0.25, 0.3) is 0 Å². The highest BCUT2D eigenvalue weighted by molar-refractivity contribution is 5.91. The van der Waals surface area contributed by atoms with Gasteiger partial charge >= 0.3 is 5.97 Å². The summed E-state index contributed by atoms with van der Waals surface area (Å²) in [4.78, 5) is 11.4. The van der Waals surface area contributed by atoms with Gasteiger partial charge in [-0.2, -0.15) is 4.39 Å². The van der Waals surface area contributed by atoms with Crippen LogP contribution in [-0.4, -0.2) is 12.6 Å². The first-order valence-electron chi connectivity index (χ1n) is 8.86. The van der Waals surface area contributed by atoms with Crippen molar-refractivity contribution in [1.29, 1.82) is 0 Å². The molecule has 0 unspecified atom stereocenters. The maximum absolute atomic E-state index is 13.8. The van der Waals surface area contributed by atoms with E-state index in [-0.39, 0.29) is 12.0 Å². The summed E-state index contributed by atoms with van der Waals surface area (Å²) in [5.74, 6) is -1.80. The van der Waals surface area contributed by atoms with E-state index in [0.717, 1.165) is 12.0 Å². The standard InChI is InChI=1S/C22H27FO2/c1-5-25-21(24)20(23)15-18-10-6-9-17(14-18)11-12-19-16(2)8-7-13-22(19,3)4/h6,9-12,14-15H,5,7-8,13H2,1-4H3/b12-11+,20-15?. The summed E-state index contributed by atoms with van der Waals surface area (Å²) >= 11 is 0. The minimum atomic E-state index is -0.923. The molecule has 25 heavy (non-hydrogen) atoms. The Morgan fingerprint density at radius 3 is 2.68 bits per heavy atom. The van der Waals surface area contributed by atoms with Crippen LogP contribution in [0.5, 0.6) is 0 Å². The average Bonchev–Trinajstić information content (AvgIpc) is 2.54. The lowest BCUT2D eigenvalue weighted by atomic mass is 9.72. The molecule has 3 heteroatoms. The molecule has 1 aliphatic carbocycles. The number of ether oxygens (including phenoxy) is 1. The molecule has 0 aromatic heterocycles. The third-order valence-electron chi connectivity index (χ3n) is 4.66. The zero-order valence-corrected chi connectivity index (χ0v) is 15.6. The maximum atomic E-state index is 13.8. The lowest BCUT2D eigenvalue weighted by Crippen LogP contribution is -2.18. The predicted octanol–water partition coefficient (Wildman–Crippen LogP) is 6.10. The fourth-order valence-corrected chi connectivity index (χ4v) is 3.35. The quantitative estimate of drug-likeness (QED) is 0.477. The Kier molecular flexibility index (Phi) is 6.35. The van der Waals surface area contributed by atoms with Gasteiger partial charge in [-0.25, -0.2) is 4.79 Å². The highest BCUT2D eigenvalue weighted by Gasteiger charge is 2.26. The van der Waals surface area contributed by atoms with Crippen LogP contribution in [-0.2, 0) is 9.53 Å². The predicted molar refractivity (Wildman–Crippen MR) is 102 cm³/mol. The summed E-state index contributed by atoms with van der Waals surface area (Å²) in [7, 11) is 0. The van der Waals surface area contributed by atoms with E-state index in [1.54, 1.807) is 13.0 Å². The van der Waals surface area contributed by atoms with Gasteiger partial charge < -0.3 is 4.74 Å². The van der Waals surface area contributed by atoms with Crippen molar-refractivity contribution < 1.29 is 13.9 Å². The molecule has 0 heterocycles. The normalized spacial score (nSPS) is 17.9. The van der Waals surface area contributed by atoms with Crippen LogP contribution in [0.25, 0.3) is 12.2 Å². The molecular weight excluding hydrogens is 315 g/mol. The van der Waals surface area contributed by atoms with Gasteiger partial charge in [-0.1, -0.05) is 49.8 Å². The maximum Gasteiger partial charge on any atom is 0.367 e. The van der Waals surface area contributed by atoms with Crippen molar-refractivity contribution in [2.75, 3.05) is 6.61 Å². The number of esters is 1. The SMILES string of the molecule is CCOC(=O)C(F)=Cc1cccc(/C=C/C2=C(C)CCCC2(C)C)c1. The van der Waals surface area contributed by atoms with Crippen LogP contribution in [0.4, 0.5) is 4.39 Å². The zero-order valence-electron chi connectivity index (χ0n) is 15.6. The van der Waals surface area contributed by atoms with Crippen LogP contribution < -0.4 is 0 Å². The first-order valence-corrected chi connectivity index (χ1v) is 8.86. The van der Waals surface area contributed by atoms with E-state index in [1.165, 1.54) is 30.1 Å². The number of halogens is 1. The minimum absolute atomic E-state index is 0.160. The first kappa shape index (κ1) is 19.2. The second-order valence-corrected chi connectivity index (χ2v) is 7.15. The lowest BCUT2D eigenvalue weighted by Gasteiger charge is -2.32. The summed E-state index contributed by atoms with van der Waals surface area (Å²) in [5.41, 5.74) is 4.63. The summed E-state index contributed by atoms with van der Waals surface area (Å²) in [6, 6.07) is 7.46. The van der Waals surface area contributed by atoms with E-state index < -0.39 is 11.8 Å². The molecule has 2 nitrogen and oxygen atoms in total. The molecule has 0 bridgehead atoms. The van der Waals surface area contributed by atoms with Gasteiger partial charge in [0.1, 0.15) is 0 Å². The third kappa shape index (κ3) is 5.15. The van der Waals surface area contributed by atoms with Crippen molar-refractivity contribution in [2.24, 2.45) is 5.41 Å². The molecular formula is C22H27FO2. The van der Waals surface area contributed by atoms with Crippen LogP contribution in [0.15, 0.2) is 47.3 Å². The molecule has 0 fully saturated rings. The smallest absolute Gasteiger partial charge is 0.367 e. The highest BCUT2D eigenvalue weighted by Crippen LogP contribution is 2.40. The average molecular weight is 342 g/mol. The zero-order chi connectivity index (χ0) is 18.4. The summed E-state index contributed by atoms with van der Waals surface area (Å²) < 4.78 is 18.5. The van der Waals surface area contributed by atoms with Crippen LogP contribution in [0.3, 0.4) is 0 Å². The van der Waals surface area contributed by atoms with Crippen LogP contribution in [0, 0.1) is 5.41 Å². The molecule has 0 spiro atoms. The Hall–Kier alpha value is -2.16. The molecule has 0 amide bonds. The minimum Gasteiger partial charge on any atom is -0.461 e. The van der Waals surface area contributed by atoms with Crippen LogP contribution in [0.2, 0.25) is 0 Å². The molecule has 0 saturated carbocycles. The fraction of sp³-hybridized carbons (Fsp3) is 0.409. The second-order valence-electron chi connectivity index (χ2n) is 7.15. The van der Waals surface area contributed by atoms with Gasteiger partial charge in [0.2, 0.25) is 5.83 Å². The molecule has 0 aliphatic heterocycles. The molecule has 0 atom stereocenters. The van der Waals surface area contributed by atoms with E-state index in [1.807, 2.05) is 18.2 Å². The highest BCUT2D eigenvalue weighted by atomic mass is 19.1. The van der Waals surface area contributed by atoms with Crippen molar-refractivity contribution in [3.05, 3.63) is 58.4 Å². The largest absolute Gasteiger partial charge is 0.461 e. The molecule has 1 aliphatic rings. The third-order valence-corrected chi connectivity index (χ3v) is 4.66. The molecule has 2 rings (SSSR count). The van der Waals surface area contributed by atoms with E-state index in [2.05, 4.69) is 37.7 Å². The lowest BCUT2D eigenvalue weighted by molar-refractivity contribution is -0.140. The summed E-state index contributed by atoms with van der Waals surface area (Å²) in [6.45, 7) is 8.58. The first-order chi connectivity index (χ1) is 11.8. The van der Waals surface area contributed by atoms with Gasteiger partial charge in [-0.15, -0.1) is 0 Å². The number of hydrogen-bond acceptors (Lipinski definition) is 2. The van der Waals surface area contributed by atoms with Gasteiger partial charge in [0.05, 0.1) is 6.61 Å². The molecule has 0 N–H and O–H groups in total. The number of rotatable bonds is 5. The van der Waals surface area contributed by atoms with E-state index in [4.69, 9.17) is 0 Å². The van der Waals surface area contributed by atoms with Gasteiger partial charge in [-0.3, -0.25) is 0 Å². The molecule has 1 aromatic rings. The summed E-state index contributed by atoms with van der Waals surface area (Å²) in [6.07, 6.45) is 9.03. The fourth-order valence-electron chi connectivity index (χ4n) is 3.35. The number of carbonyl (C=O) groups excluding carboxylic acids is 1. The van der Waals surface area contributed by atoms with Crippen molar-refractivity contribution >= 4 is 18.1 Å². The Morgan fingerprint density at radius 1 is 1.28 bits per heavy atom. The van der Waals surface area contributed by atoms with Crippen molar-refractivity contribution in [1.82, 2.24) is 0 Å². The molecule has 134 valence electrons.